The summed E-state index contributed by atoms with van der Waals surface area (Å²) in [5, 5.41) is 0. The second-order valence-corrected chi connectivity index (χ2v) is 12.7. The van der Waals surface area contributed by atoms with E-state index in [1.54, 1.807) is 12.1 Å². The molecule has 244 valence electrons. The van der Waals surface area contributed by atoms with Crippen molar-refractivity contribution in [3.05, 3.63) is 71.3 Å². The van der Waals surface area contributed by atoms with E-state index in [0.717, 1.165) is 43.6 Å². The first kappa shape index (κ1) is 35.8. The van der Waals surface area contributed by atoms with E-state index in [-0.39, 0.29) is 5.75 Å². The number of halogens is 2. The lowest BCUT2D eigenvalue weighted by Gasteiger charge is -2.26. The van der Waals surface area contributed by atoms with Gasteiger partial charge in [-0.2, -0.15) is 4.39 Å². The van der Waals surface area contributed by atoms with E-state index in [1.807, 2.05) is 12.1 Å². The maximum Gasteiger partial charge on any atom is 0.346 e. The number of esters is 1. The topological polar surface area (TPSA) is 35.5 Å². The molecule has 5 heteroatoms. The number of carbonyl (C=O) groups excluding carboxylic acids is 1. The van der Waals surface area contributed by atoms with Crippen molar-refractivity contribution in [2.24, 2.45) is 11.8 Å². The third-order valence-electron chi connectivity index (χ3n) is 9.02. The van der Waals surface area contributed by atoms with E-state index in [9.17, 15) is 13.6 Å². The Labute approximate surface area is 265 Å². The number of aryl methyl sites for hydroxylation is 1. The van der Waals surface area contributed by atoms with Crippen molar-refractivity contribution in [2.45, 2.75) is 136 Å². The number of carbonyl (C=O) groups is 1. The van der Waals surface area contributed by atoms with Crippen LogP contribution >= 0.6 is 0 Å². The van der Waals surface area contributed by atoms with Gasteiger partial charge >= 0.3 is 5.97 Å². The summed E-state index contributed by atoms with van der Waals surface area (Å²) >= 11 is 0. The highest BCUT2D eigenvalue weighted by molar-refractivity contribution is 5.91. The van der Waals surface area contributed by atoms with Crippen molar-refractivity contribution in [1.29, 1.82) is 0 Å². The minimum Gasteiger partial charge on any atom is -0.490 e. The van der Waals surface area contributed by atoms with Gasteiger partial charge in [-0.05, 0) is 86.6 Å². The highest BCUT2D eigenvalue weighted by Gasteiger charge is 2.21. The maximum absolute atomic E-state index is 14.7. The fraction of sp³-hybridized carbons (Fsp3) is 0.615. The number of hydrogen-bond acceptors (Lipinski definition) is 3. The van der Waals surface area contributed by atoms with Gasteiger partial charge in [-0.15, -0.1) is 0 Å². The van der Waals surface area contributed by atoms with Gasteiger partial charge in [0.1, 0.15) is 5.75 Å². The number of hydrogen-bond donors (Lipinski definition) is 0. The Balaban J connectivity index is 1.34. The SMILES string of the molecule is CCCCCCCCCCCOc1ccc(C(=O)Oc2ccc(CC/C=C/C3CCC(CCCCC)CC3)cc2)c(F)c1F. The average molecular weight is 611 g/mol. The molecule has 0 amide bonds. The van der Waals surface area contributed by atoms with Gasteiger partial charge in [-0.25, -0.2) is 9.18 Å². The van der Waals surface area contributed by atoms with Crippen LogP contribution in [0.15, 0.2) is 48.6 Å². The Kier molecular flexibility index (Phi) is 17.2. The van der Waals surface area contributed by atoms with Crippen LogP contribution in [0.5, 0.6) is 11.5 Å². The number of allylic oxidation sites excluding steroid dienone is 2. The smallest absolute Gasteiger partial charge is 0.346 e. The lowest BCUT2D eigenvalue weighted by atomic mass is 9.79. The molecule has 1 fully saturated rings. The predicted octanol–water partition coefficient (Wildman–Crippen LogP) is 12.0. The molecule has 2 aromatic rings. The minimum absolute atomic E-state index is 0.174. The molecule has 0 atom stereocenters. The second-order valence-electron chi connectivity index (χ2n) is 12.7. The van der Waals surface area contributed by atoms with E-state index in [4.69, 9.17) is 9.47 Å². The first-order valence-electron chi connectivity index (χ1n) is 17.6. The van der Waals surface area contributed by atoms with E-state index >= 15 is 0 Å². The molecule has 0 heterocycles. The highest BCUT2D eigenvalue weighted by atomic mass is 19.2. The Morgan fingerprint density at radius 3 is 2.09 bits per heavy atom. The molecular formula is C39H56F2O3. The van der Waals surface area contributed by atoms with Crippen LogP contribution in [0.2, 0.25) is 0 Å². The van der Waals surface area contributed by atoms with Crippen LogP contribution < -0.4 is 9.47 Å². The van der Waals surface area contributed by atoms with Crippen LogP contribution in [0.1, 0.15) is 145 Å². The van der Waals surface area contributed by atoms with Crippen molar-refractivity contribution in [3.63, 3.8) is 0 Å². The van der Waals surface area contributed by atoms with Gasteiger partial charge < -0.3 is 9.47 Å². The molecule has 0 spiro atoms. The summed E-state index contributed by atoms with van der Waals surface area (Å²) in [6, 6.07) is 9.77. The summed E-state index contributed by atoms with van der Waals surface area (Å²) in [6.45, 7) is 4.80. The van der Waals surface area contributed by atoms with Crippen LogP contribution in [0.4, 0.5) is 8.78 Å². The lowest BCUT2D eigenvalue weighted by Crippen LogP contribution is -2.13. The number of rotatable bonds is 21. The molecule has 0 aromatic heterocycles. The zero-order valence-electron chi connectivity index (χ0n) is 27.4. The molecule has 44 heavy (non-hydrogen) atoms. The fourth-order valence-electron chi connectivity index (χ4n) is 6.17. The first-order valence-corrected chi connectivity index (χ1v) is 17.6. The van der Waals surface area contributed by atoms with Crippen molar-refractivity contribution in [3.8, 4) is 11.5 Å². The molecule has 1 saturated carbocycles. The molecule has 3 nitrogen and oxygen atoms in total. The molecule has 0 unspecified atom stereocenters. The first-order chi connectivity index (χ1) is 21.5. The number of unbranched alkanes of at least 4 members (excludes halogenated alkanes) is 10. The molecule has 0 bridgehead atoms. The summed E-state index contributed by atoms with van der Waals surface area (Å²) < 4.78 is 40.1. The molecule has 0 radical (unpaired) electrons. The molecule has 0 N–H and O–H groups in total. The van der Waals surface area contributed by atoms with Crippen molar-refractivity contribution < 1.29 is 23.0 Å². The van der Waals surface area contributed by atoms with Gasteiger partial charge in [0.15, 0.2) is 11.6 Å². The normalized spacial score (nSPS) is 16.8. The second kappa shape index (κ2) is 21.1. The molecule has 2 aromatic carbocycles. The minimum atomic E-state index is -1.24. The zero-order valence-corrected chi connectivity index (χ0v) is 27.4. The summed E-state index contributed by atoms with van der Waals surface area (Å²) in [7, 11) is 0. The Bertz CT molecular complexity index is 1100. The van der Waals surface area contributed by atoms with Crippen LogP contribution in [0.3, 0.4) is 0 Å². The standard InChI is InChI=1S/C39H56F2O3/c1-3-5-7-8-9-10-11-12-16-30-43-36-29-28-35(37(40)38(36)41)39(42)44-34-26-24-33(25-27-34)19-15-14-18-32-22-20-31(21-23-32)17-13-6-4-2/h14,18,24-29,31-32H,3-13,15-17,19-23,30H2,1-2H3/b18-14+. The Hall–Kier alpha value is -2.69. The van der Waals surface area contributed by atoms with E-state index in [1.165, 1.54) is 102 Å². The van der Waals surface area contributed by atoms with Crippen molar-refractivity contribution >= 4 is 5.97 Å². The van der Waals surface area contributed by atoms with Crippen LogP contribution in [-0.4, -0.2) is 12.6 Å². The summed E-state index contributed by atoms with van der Waals surface area (Å²) in [5.74, 6) is -1.55. The van der Waals surface area contributed by atoms with Gasteiger partial charge in [0.05, 0.1) is 12.2 Å². The third kappa shape index (κ3) is 13.1. The van der Waals surface area contributed by atoms with E-state index in [2.05, 4.69) is 26.0 Å². The molecule has 0 saturated heterocycles. The van der Waals surface area contributed by atoms with Gasteiger partial charge in [-0.3, -0.25) is 0 Å². The van der Waals surface area contributed by atoms with E-state index in [0.29, 0.717) is 18.3 Å². The van der Waals surface area contributed by atoms with Crippen LogP contribution in [0.25, 0.3) is 0 Å². The summed E-state index contributed by atoms with van der Waals surface area (Å²) in [4.78, 5) is 12.6. The molecule has 1 aliphatic carbocycles. The summed E-state index contributed by atoms with van der Waals surface area (Å²) in [5.41, 5.74) is 0.696. The molecule has 0 aliphatic heterocycles. The number of benzene rings is 2. The molecule has 1 aliphatic rings. The monoisotopic (exact) mass is 610 g/mol. The molecule has 3 rings (SSSR count). The van der Waals surface area contributed by atoms with Crippen LogP contribution in [-0.2, 0) is 6.42 Å². The zero-order chi connectivity index (χ0) is 31.4. The van der Waals surface area contributed by atoms with E-state index < -0.39 is 23.2 Å². The highest BCUT2D eigenvalue weighted by Crippen LogP contribution is 2.33. The Morgan fingerprint density at radius 2 is 1.41 bits per heavy atom. The fourth-order valence-corrected chi connectivity index (χ4v) is 6.17. The molecular weight excluding hydrogens is 554 g/mol. The quantitative estimate of drug-likeness (QED) is 0.0610. The van der Waals surface area contributed by atoms with Gasteiger partial charge in [0.2, 0.25) is 5.82 Å². The largest absolute Gasteiger partial charge is 0.490 e. The van der Waals surface area contributed by atoms with Gasteiger partial charge in [0, 0.05) is 0 Å². The number of ether oxygens (including phenoxy) is 2. The van der Waals surface area contributed by atoms with Gasteiger partial charge in [-0.1, -0.05) is 115 Å². The average Bonchev–Trinajstić information content (AvgIpc) is 3.03. The van der Waals surface area contributed by atoms with Gasteiger partial charge in [0.25, 0.3) is 0 Å². The lowest BCUT2D eigenvalue weighted by molar-refractivity contribution is 0.0728. The maximum atomic E-state index is 14.7. The Morgan fingerprint density at radius 1 is 0.773 bits per heavy atom. The van der Waals surface area contributed by atoms with Crippen LogP contribution in [0, 0.1) is 23.5 Å². The van der Waals surface area contributed by atoms with Crippen molar-refractivity contribution in [1.82, 2.24) is 0 Å². The third-order valence-corrected chi connectivity index (χ3v) is 9.02. The van der Waals surface area contributed by atoms with Crippen molar-refractivity contribution in [2.75, 3.05) is 6.61 Å². The predicted molar refractivity (Wildman–Crippen MR) is 178 cm³/mol. The summed E-state index contributed by atoms with van der Waals surface area (Å²) in [6.07, 6.45) is 27.9.